The lowest BCUT2D eigenvalue weighted by Crippen LogP contribution is -2.53. The van der Waals surface area contributed by atoms with Crippen molar-refractivity contribution in [3.8, 4) is 11.5 Å². The zero-order chi connectivity index (χ0) is 64.7. The molecular weight excluding hydrogens is 1240 g/mol. The van der Waals surface area contributed by atoms with Crippen LogP contribution < -0.4 is 20.5 Å². The largest absolute Gasteiger partial charge is 0.481 e. The van der Waals surface area contributed by atoms with Gasteiger partial charge in [-0.15, -0.1) is 0 Å². The van der Waals surface area contributed by atoms with E-state index in [1.807, 2.05) is 0 Å². The fraction of sp³-hybridized carbons (Fsp3) is 0.321. The molecule has 0 aliphatic heterocycles. The van der Waals surface area contributed by atoms with Crippen LogP contribution in [0.3, 0.4) is 0 Å². The summed E-state index contributed by atoms with van der Waals surface area (Å²) in [5.74, 6) is -7.92. The summed E-state index contributed by atoms with van der Waals surface area (Å²) in [6.07, 6.45) is -30.4. The Morgan fingerprint density at radius 3 is 1.24 bits per heavy atom. The van der Waals surface area contributed by atoms with Gasteiger partial charge in [-0.25, -0.2) is 21.8 Å². The van der Waals surface area contributed by atoms with Crippen molar-refractivity contribution in [3.63, 3.8) is 0 Å². The van der Waals surface area contributed by atoms with Gasteiger partial charge in [0.15, 0.2) is 0 Å². The zero-order valence-electron chi connectivity index (χ0n) is 44.4. The van der Waals surface area contributed by atoms with Crippen molar-refractivity contribution in [2.75, 3.05) is 0 Å². The van der Waals surface area contributed by atoms with E-state index in [-0.39, 0.29) is 29.5 Å². The SMILES string of the molecule is CC(C)(CC(F)(F)F)C(=O)N[C@](Cc1ccccc1)(c1ccc(F)cc1)c1cc(F)cc(OC(F)(F)C(F)F)c1.CC(C)(CC(F)(F)F)C(=O)O.N[C@](Cc1ccccc1)(c1ccc(F)cc1)c1cc(F)cc(OC(F)(F)C(F)F)c1.O=S(Cl)Cl. The van der Waals surface area contributed by atoms with Crippen LogP contribution in [0.2, 0.25) is 0 Å². The van der Waals surface area contributed by atoms with Crippen LogP contribution in [0, 0.1) is 34.1 Å². The van der Waals surface area contributed by atoms with E-state index in [9.17, 15) is 88.6 Å². The van der Waals surface area contributed by atoms with E-state index < -0.39 is 128 Å². The van der Waals surface area contributed by atoms with Gasteiger partial charge in [0, 0.05) is 39.9 Å². The number of hydrogen-bond acceptors (Lipinski definition) is 6. The van der Waals surface area contributed by atoms with E-state index in [1.165, 1.54) is 24.3 Å². The first-order chi connectivity index (χ1) is 38.9. The van der Waals surface area contributed by atoms with Crippen LogP contribution in [0.4, 0.5) is 79.0 Å². The van der Waals surface area contributed by atoms with E-state index in [4.69, 9.17) is 15.0 Å². The number of halogens is 20. The van der Waals surface area contributed by atoms with Crippen molar-refractivity contribution in [1.29, 1.82) is 0 Å². The second-order valence-corrected chi connectivity index (χ2v) is 22.3. The highest BCUT2D eigenvalue weighted by Gasteiger charge is 2.48. The van der Waals surface area contributed by atoms with Crippen molar-refractivity contribution >= 4 is 42.5 Å². The van der Waals surface area contributed by atoms with Crippen LogP contribution in [-0.2, 0) is 42.7 Å². The van der Waals surface area contributed by atoms with E-state index in [0.29, 0.717) is 23.3 Å². The summed E-state index contributed by atoms with van der Waals surface area (Å²) in [4.78, 5) is 23.6. The molecule has 0 saturated carbocycles. The van der Waals surface area contributed by atoms with Gasteiger partial charge >= 0.3 is 43.4 Å². The second kappa shape index (κ2) is 29.6. The molecule has 466 valence electrons. The average Bonchev–Trinajstić information content (AvgIpc) is 2.70. The van der Waals surface area contributed by atoms with Crippen LogP contribution in [0.5, 0.6) is 11.5 Å². The molecule has 0 bridgehead atoms. The number of aliphatic carboxylic acids is 1. The third-order valence-corrected chi connectivity index (χ3v) is 11.9. The summed E-state index contributed by atoms with van der Waals surface area (Å²) in [6, 6.07) is 30.7. The van der Waals surface area contributed by atoms with Gasteiger partial charge in [0.1, 0.15) is 34.8 Å². The van der Waals surface area contributed by atoms with Gasteiger partial charge < -0.3 is 25.6 Å². The van der Waals surface area contributed by atoms with Crippen LogP contribution >= 0.6 is 21.4 Å². The zero-order valence-corrected chi connectivity index (χ0v) is 46.7. The third kappa shape index (κ3) is 22.9. The number of alkyl halides is 14. The highest BCUT2D eigenvalue weighted by molar-refractivity contribution is 8.26. The van der Waals surface area contributed by atoms with Crippen LogP contribution in [-0.4, -0.2) is 58.6 Å². The third-order valence-electron chi connectivity index (χ3n) is 11.9. The number of carbonyl (C=O) groups is 2. The minimum atomic E-state index is -5.01. The van der Waals surface area contributed by atoms with E-state index in [1.54, 1.807) is 60.7 Å². The number of nitrogens with one attached hydrogen (secondary N) is 1. The number of amides is 1. The van der Waals surface area contributed by atoms with Crippen LogP contribution in [0.1, 0.15) is 73.9 Å². The molecule has 0 unspecified atom stereocenters. The Hall–Kier alpha value is -6.71. The van der Waals surface area contributed by atoms with Gasteiger partial charge in [0.2, 0.25) is 15.1 Å². The predicted molar refractivity (Wildman–Crippen MR) is 279 cm³/mol. The highest BCUT2D eigenvalue weighted by Crippen LogP contribution is 2.42. The Morgan fingerprint density at radius 2 is 0.871 bits per heavy atom. The molecule has 85 heavy (non-hydrogen) atoms. The van der Waals surface area contributed by atoms with E-state index in [0.717, 1.165) is 81.8 Å². The monoisotopic (exact) mass is 1290 g/mol. The minimum Gasteiger partial charge on any atom is -0.481 e. The maximum absolute atomic E-state index is 14.8. The van der Waals surface area contributed by atoms with Gasteiger partial charge in [-0.1, -0.05) is 98.8 Å². The number of benzene rings is 6. The van der Waals surface area contributed by atoms with Crippen molar-refractivity contribution < 1.29 is 107 Å². The summed E-state index contributed by atoms with van der Waals surface area (Å²) in [5.41, 5.74) is 0.554. The molecule has 2 atom stereocenters. The van der Waals surface area contributed by atoms with Crippen molar-refractivity contribution in [1.82, 2.24) is 5.32 Å². The van der Waals surface area contributed by atoms with Gasteiger partial charge in [-0.2, -0.15) is 61.5 Å². The molecule has 0 saturated heterocycles. The van der Waals surface area contributed by atoms with Gasteiger partial charge in [0.25, 0.3) is 0 Å². The molecule has 0 aliphatic rings. The molecule has 6 aromatic carbocycles. The van der Waals surface area contributed by atoms with Crippen molar-refractivity contribution in [3.05, 3.63) is 202 Å². The molecule has 0 fully saturated rings. The fourth-order valence-electron chi connectivity index (χ4n) is 7.90. The highest BCUT2D eigenvalue weighted by atomic mass is 36.0. The smallest absolute Gasteiger partial charge is 0.461 e. The standard InChI is InChI=1S/C28H24F9NO2.C22H17F6NO.C6H9F3O2.Cl2OS/c1-25(2,16-27(33,34)35)24(39)38-26(15-17-6-4-3-5-7-17,18-8-10-20(29)11-9-18)19-12-21(30)14-22(13-19)40-28(36,37)23(31)32;23-17-8-6-15(7-9-17)21(29,13-14-4-2-1-3-5-14)16-10-18(24)12-19(11-16)30-22(27,28)20(25)26;1-5(2,4(10)11)3-6(7,8)9;1-4(2)3/h3-14,23H,15-16H2,1-2H3,(H,38,39);1-12,20H,13,29H2;3H2,1-2H3,(H,10,11);/t26-;21-;;/m11../s1. The first kappa shape index (κ1) is 72.5. The number of hydrogen-bond donors (Lipinski definition) is 3. The maximum atomic E-state index is 14.8. The summed E-state index contributed by atoms with van der Waals surface area (Å²) in [5, 5.41) is 10.8. The molecule has 0 aromatic heterocycles. The summed E-state index contributed by atoms with van der Waals surface area (Å²) in [7, 11) is 7.36. The number of carboxylic acids is 1. The van der Waals surface area contributed by atoms with Crippen LogP contribution in [0.25, 0.3) is 0 Å². The molecule has 6 aromatic rings. The molecule has 0 aliphatic carbocycles. The molecule has 4 N–H and O–H groups in total. The Labute approximate surface area is 485 Å². The van der Waals surface area contributed by atoms with Gasteiger partial charge in [0.05, 0.1) is 34.7 Å². The number of carboxylic acid groups (broad SMARTS) is 1. The molecule has 29 heteroatoms. The first-order valence-corrected chi connectivity index (χ1v) is 26.9. The molecule has 0 spiro atoms. The predicted octanol–water partition coefficient (Wildman–Crippen LogP) is 16.5. The first-order valence-electron chi connectivity index (χ1n) is 24.1. The Balaban J connectivity index is 0.000000367. The van der Waals surface area contributed by atoms with Crippen LogP contribution in [0.15, 0.2) is 146 Å². The Kier molecular flexibility index (Phi) is 25.3. The van der Waals surface area contributed by atoms with E-state index in [2.05, 4.69) is 36.2 Å². The number of rotatable bonds is 19. The normalized spacial score (nSPS) is 13.6. The van der Waals surface area contributed by atoms with E-state index >= 15 is 0 Å². The van der Waals surface area contributed by atoms with Gasteiger partial charge in [-0.05, 0) is 102 Å². The molecule has 0 radical (unpaired) electrons. The molecule has 8 nitrogen and oxygen atoms in total. The molecule has 0 heterocycles. The quantitative estimate of drug-likeness (QED) is 0.0544. The summed E-state index contributed by atoms with van der Waals surface area (Å²) < 4.78 is 253. The van der Waals surface area contributed by atoms with Gasteiger partial charge in [-0.3, -0.25) is 9.59 Å². The lowest BCUT2D eigenvalue weighted by atomic mass is 9.76. The maximum Gasteiger partial charge on any atom is 0.461 e. The van der Waals surface area contributed by atoms with Crippen molar-refractivity contribution in [2.45, 2.75) is 102 Å². The average molecular weight is 1290 g/mol. The lowest BCUT2D eigenvalue weighted by Gasteiger charge is -2.39. The molecule has 1 amide bonds. The number of nitrogens with two attached hydrogens (primary N) is 1. The second-order valence-electron chi connectivity index (χ2n) is 19.8. The molecule has 6 rings (SSSR count). The lowest BCUT2D eigenvalue weighted by molar-refractivity contribution is -0.253. The Bertz CT molecular complexity index is 3140. The number of ether oxygens (including phenoxy) is 2. The summed E-state index contributed by atoms with van der Waals surface area (Å²) in [6.45, 7) is 4.14. The summed E-state index contributed by atoms with van der Waals surface area (Å²) >= 11 is 0. The van der Waals surface area contributed by atoms with Crippen molar-refractivity contribution in [2.24, 2.45) is 16.6 Å². The minimum absolute atomic E-state index is 0.00183. The number of carbonyl (C=O) groups excluding carboxylic acids is 1. The Morgan fingerprint density at radius 1 is 0.518 bits per heavy atom. The molecular formula is C56H50Cl2F18N2O6S. The topological polar surface area (TPSA) is 128 Å². The fourth-order valence-corrected chi connectivity index (χ4v) is 7.90.